The van der Waals surface area contributed by atoms with Gasteiger partial charge in [0.1, 0.15) is 0 Å². The van der Waals surface area contributed by atoms with Gasteiger partial charge in [-0.05, 0) is 26.2 Å². The molecule has 0 aliphatic heterocycles. The van der Waals surface area contributed by atoms with Gasteiger partial charge < -0.3 is 15.2 Å². The molecule has 2 atom stereocenters. The summed E-state index contributed by atoms with van der Waals surface area (Å²) in [6, 6.07) is 0.372. The van der Waals surface area contributed by atoms with Crippen molar-refractivity contribution in [1.82, 2.24) is 5.32 Å². The summed E-state index contributed by atoms with van der Waals surface area (Å²) < 4.78 is 5.73. The first-order valence-corrected chi connectivity index (χ1v) is 6.86. The smallest absolute Gasteiger partial charge is 0.0897 e. The largest absolute Gasteiger partial charge is 0.389 e. The summed E-state index contributed by atoms with van der Waals surface area (Å²) in [7, 11) is 0. The minimum Gasteiger partial charge on any atom is -0.389 e. The van der Waals surface area contributed by atoms with Gasteiger partial charge in [0.25, 0.3) is 0 Å². The number of aliphatic hydroxyl groups is 1. The minimum atomic E-state index is -0.399. The van der Waals surface area contributed by atoms with E-state index in [9.17, 15) is 5.11 Å². The Hall–Kier alpha value is -0.380. The molecule has 17 heavy (non-hydrogen) atoms. The number of hydrogen-bond acceptors (Lipinski definition) is 3. The molecule has 2 unspecified atom stereocenters. The maximum atomic E-state index is 9.78. The monoisotopic (exact) mass is 241 g/mol. The topological polar surface area (TPSA) is 41.5 Å². The van der Waals surface area contributed by atoms with Crippen molar-refractivity contribution in [3.05, 3.63) is 12.7 Å². The summed E-state index contributed by atoms with van der Waals surface area (Å²) in [5.74, 6) is 0. The van der Waals surface area contributed by atoms with Gasteiger partial charge in [0, 0.05) is 12.6 Å². The van der Waals surface area contributed by atoms with E-state index in [1.54, 1.807) is 0 Å². The van der Waals surface area contributed by atoms with Crippen molar-refractivity contribution < 1.29 is 9.84 Å². The van der Waals surface area contributed by atoms with Gasteiger partial charge in [0.2, 0.25) is 0 Å². The Morgan fingerprint density at radius 3 is 2.76 bits per heavy atom. The van der Waals surface area contributed by atoms with Crippen molar-refractivity contribution >= 4 is 0 Å². The first-order valence-electron chi connectivity index (χ1n) is 6.86. The third-order valence-electron chi connectivity index (χ3n) is 3.30. The predicted molar refractivity (Wildman–Crippen MR) is 71.1 cm³/mol. The number of rotatable bonds is 8. The molecule has 0 aromatic rings. The van der Waals surface area contributed by atoms with Crippen LogP contribution in [-0.2, 0) is 4.74 Å². The van der Waals surface area contributed by atoms with Gasteiger partial charge in [-0.3, -0.25) is 0 Å². The maximum Gasteiger partial charge on any atom is 0.0897 e. The Kier molecular flexibility index (Phi) is 7.49. The van der Waals surface area contributed by atoms with Gasteiger partial charge in [-0.15, -0.1) is 6.58 Å². The van der Waals surface area contributed by atoms with Crippen LogP contribution in [0.25, 0.3) is 0 Å². The van der Waals surface area contributed by atoms with E-state index in [2.05, 4.69) is 18.8 Å². The van der Waals surface area contributed by atoms with E-state index >= 15 is 0 Å². The molecule has 0 radical (unpaired) electrons. The Balaban J connectivity index is 2.03. The first kappa shape index (κ1) is 14.7. The molecular formula is C14H27NO2. The van der Waals surface area contributed by atoms with Crippen LogP contribution in [0.4, 0.5) is 0 Å². The fourth-order valence-electron chi connectivity index (χ4n) is 2.21. The molecule has 1 rings (SSSR count). The van der Waals surface area contributed by atoms with E-state index in [0.29, 0.717) is 25.3 Å². The normalized spacial score (nSPS) is 21.1. The molecule has 0 amide bonds. The van der Waals surface area contributed by atoms with Gasteiger partial charge in [-0.2, -0.15) is 0 Å². The molecular weight excluding hydrogens is 214 g/mol. The van der Waals surface area contributed by atoms with E-state index < -0.39 is 6.10 Å². The van der Waals surface area contributed by atoms with E-state index in [1.807, 2.05) is 6.08 Å². The van der Waals surface area contributed by atoms with Crippen LogP contribution in [-0.4, -0.2) is 36.5 Å². The van der Waals surface area contributed by atoms with E-state index in [1.165, 1.54) is 19.3 Å². The third kappa shape index (κ3) is 6.81. The molecule has 0 bridgehead atoms. The molecule has 0 heterocycles. The summed E-state index contributed by atoms with van der Waals surface area (Å²) in [6.45, 7) is 6.85. The van der Waals surface area contributed by atoms with Crippen molar-refractivity contribution in [1.29, 1.82) is 0 Å². The zero-order valence-corrected chi connectivity index (χ0v) is 11.0. The van der Waals surface area contributed by atoms with Crippen LogP contribution in [0.15, 0.2) is 12.7 Å². The van der Waals surface area contributed by atoms with Crippen LogP contribution in [0, 0.1) is 0 Å². The fourth-order valence-corrected chi connectivity index (χ4v) is 2.21. The second-order valence-electron chi connectivity index (χ2n) is 5.08. The van der Waals surface area contributed by atoms with Crippen LogP contribution >= 0.6 is 0 Å². The molecule has 0 saturated heterocycles. The molecule has 2 N–H and O–H groups in total. The van der Waals surface area contributed by atoms with Crippen molar-refractivity contribution in [2.45, 2.75) is 63.7 Å². The lowest BCUT2D eigenvalue weighted by atomic mass is 9.98. The van der Waals surface area contributed by atoms with Crippen molar-refractivity contribution in [2.75, 3.05) is 13.2 Å². The Bertz CT molecular complexity index is 202. The minimum absolute atomic E-state index is 0.372. The number of hydrogen-bond donors (Lipinski definition) is 2. The fraction of sp³-hybridized carbons (Fsp3) is 0.857. The second-order valence-corrected chi connectivity index (χ2v) is 5.08. The molecule has 1 aliphatic carbocycles. The Morgan fingerprint density at radius 2 is 2.12 bits per heavy atom. The molecule has 1 aliphatic rings. The lowest BCUT2D eigenvalue weighted by Crippen LogP contribution is -2.36. The number of nitrogens with one attached hydrogen (secondary N) is 1. The van der Waals surface area contributed by atoms with Gasteiger partial charge in [0.05, 0.1) is 18.8 Å². The lowest BCUT2D eigenvalue weighted by molar-refractivity contribution is -0.0234. The van der Waals surface area contributed by atoms with Crippen molar-refractivity contribution in [3.8, 4) is 0 Å². The van der Waals surface area contributed by atoms with E-state index in [0.717, 1.165) is 19.3 Å². The highest BCUT2D eigenvalue weighted by Gasteiger charge is 2.15. The van der Waals surface area contributed by atoms with Crippen molar-refractivity contribution in [3.63, 3.8) is 0 Å². The van der Waals surface area contributed by atoms with E-state index in [4.69, 9.17) is 4.74 Å². The molecule has 1 fully saturated rings. The third-order valence-corrected chi connectivity index (χ3v) is 3.30. The standard InChI is InChI=1S/C14H27NO2/c1-3-7-12(2)15-10-13(16)11-17-14-8-5-4-6-9-14/h3,12-16H,1,4-11H2,2H3. The summed E-state index contributed by atoms with van der Waals surface area (Å²) in [4.78, 5) is 0. The summed E-state index contributed by atoms with van der Waals surface area (Å²) in [5, 5.41) is 13.1. The number of ether oxygens (including phenoxy) is 1. The highest BCUT2D eigenvalue weighted by molar-refractivity contribution is 4.75. The number of aliphatic hydroxyl groups excluding tert-OH is 1. The first-order chi connectivity index (χ1) is 8.22. The maximum absolute atomic E-state index is 9.78. The van der Waals surface area contributed by atoms with Crippen LogP contribution in [0.5, 0.6) is 0 Å². The molecule has 0 aromatic carbocycles. The average Bonchev–Trinajstić information content (AvgIpc) is 2.35. The van der Waals surface area contributed by atoms with Gasteiger partial charge in [0.15, 0.2) is 0 Å². The quantitative estimate of drug-likeness (QED) is 0.640. The van der Waals surface area contributed by atoms with Gasteiger partial charge in [-0.1, -0.05) is 25.3 Å². The van der Waals surface area contributed by atoms with Crippen LogP contribution in [0.2, 0.25) is 0 Å². The molecule has 1 saturated carbocycles. The zero-order valence-electron chi connectivity index (χ0n) is 11.0. The van der Waals surface area contributed by atoms with Crippen LogP contribution in [0.3, 0.4) is 0 Å². The summed E-state index contributed by atoms with van der Waals surface area (Å²) in [5.41, 5.74) is 0. The molecule has 0 aromatic heterocycles. The van der Waals surface area contributed by atoms with Gasteiger partial charge >= 0.3 is 0 Å². The molecule has 3 heteroatoms. The highest BCUT2D eigenvalue weighted by atomic mass is 16.5. The van der Waals surface area contributed by atoms with Crippen LogP contribution < -0.4 is 5.32 Å². The Morgan fingerprint density at radius 1 is 1.41 bits per heavy atom. The Labute approximate surface area is 105 Å². The molecule has 100 valence electrons. The summed E-state index contributed by atoms with van der Waals surface area (Å²) >= 11 is 0. The summed E-state index contributed by atoms with van der Waals surface area (Å²) in [6.07, 6.45) is 9.00. The van der Waals surface area contributed by atoms with Gasteiger partial charge in [-0.25, -0.2) is 0 Å². The predicted octanol–water partition coefficient (Wildman–Crippen LogP) is 2.25. The molecule has 0 spiro atoms. The second kappa shape index (κ2) is 8.67. The highest BCUT2D eigenvalue weighted by Crippen LogP contribution is 2.20. The van der Waals surface area contributed by atoms with Crippen molar-refractivity contribution in [2.24, 2.45) is 0 Å². The lowest BCUT2D eigenvalue weighted by Gasteiger charge is -2.24. The van der Waals surface area contributed by atoms with Crippen LogP contribution in [0.1, 0.15) is 45.4 Å². The molecule has 3 nitrogen and oxygen atoms in total. The van der Waals surface area contributed by atoms with E-state index in [-0.39, 0.29) is 0 Å². The zero-order chi connectivity index (χ0) is 12.5. The average molecular weight is 241 g/mol. The SMILES string of the molecule is C=CCC(C)NCC(O)COC1CCCCC1.